The maximum absolute atomic E-state index is 13.5. The third kappa shape index (κ3) is 3.49. The monoisotopic (exact) mass is 306 g/mol. The van der Waals surface area contributed by atoms with E-state index in [9.17, 15) is 19.4 Å². The van der Waals surface area contributed by atoms with Gasteiger partial charge in [-0.2, -0.15) is 0 Å². The lowest BCUT2D eigenvalue weighted by Gasteiger charge is -2.17. The molecule has 0 aliphatic heterocycles. The first-order valence-corrected chi connectivity index (χ1v) is 5.74. The van der Waals surface area contributed by atoms with Crippen molar-refractivity contribution in [3.05, 3.63) is 34.1 Å². The Morgan fingerprint density at radius 2 is 2.18 bits per heavy atom. The molecule has 0 heterocycles. The fourth-order valence-electron chi connectivity index (χ4n) is 1.27. The van der Waals surface area contributed by atoms with Crippen molar-refractivity contribution in [1.29, 1.82) is 0 Å². The van der Waals surface area contributed by atoms with Crippen molar-refractivity contribution in [3.8, 4) is 0 Å². The van der Waals surface area contributed by atoms with Crippen LogP contribution in [-0.2, 0) is 9.53 Å². The molecule has 0 saturated carbocycles. The molecule has 1 aromatic rings. The van der Waals surface area contributed by atoms with Crippen molar-refractivity contribution in [2.45, 2.75) is 19.1 Å². The molecule has 17 heavy (non-hydrogen) atoms. The highest BCUT2D eigenvalue weighted by atomic mass is 79.9. The van der Waals surface area contributed by atoms with Gasteiger partial charge >= 0.3 is 5.97 Å². The van der Waals surface area contributed by atoms with Crippen LogP contribution in [0.2, 0.25) is 0 Å². The topological polar surface area (TPSA) is 66.8 Å². The van der Waals surface area contributed by atoms with Crippen LogP contribution in [0.1, 0.15) is 18.6 Å². The molecule has 0 amide bonds. The molecule has 4 nitrogen and oxygen atoms in total. The van der Waals surface area contributed by atoms with Gasteiger partial charge in [0.05, 0.1) is 6.61 Å². The number of ether oxygens (including phenoxy) is 1. The zero-order valence-electron chi connectivity index (χ0n) is 9.06. The largest absolute Gasteiger partial charge is 0.464 e. The summed E-state index contributed by atoms with van der Waals surface area (Å²) in [6, 6.07) is 3.92. The number of rotatable bonds is 4. The molecule has 94 valence electrons. The predicted octanol–water partition coefficient (Wildman–Crippen LogP) is 1.55. The fraction of sp³-hybridized carbons (Fsp3) is 0.364. The second kappa shape index (κ2) is 6.09. The van der Waals surface area contributed by atoms with E-state index in [0.29, 0.717) is 4.47 Å². The smallest absolute Gasteiger partial charge is 0.338 e. The zero-order valence-corrected chi connectivity index (χ0v) is 10.6. The second-order valence-corrected chi connectivity index (χ2v) is 4.22. The molecule has 0 radical (unpaired) electrons. The molecule has 0 aliphatic rings. The fourth-order valence-corrected chi connectivity index (χ4v) is 1.60. The lowest BCUT2D eigenvalue weighted by atomic mass is 10.0. The maximum Gasteiger partial charge on any atom is 0.338 e. The Balaban J connectivity index is 2.88. The standard InChI is InChI=1S/C11H12BrFO4/c1-2-17-11(16)10(15)9(14)7-4-3-6(12)5-8(7)13/h3-5,9-10,14-15H,2H2,1H3. The van der Waals surface area contributed by atoms with Gasteiger partial charge in [0.15, 0.2) is 6.10 Å². The average molecular weight is 307 g/mol. The number of benzene rings is 1. The number of aliphatic hydroxyl groups is 2. The number of aliphatic hydroxyl groups excluding tert-OH is 2. The number of halogens is 2. The lowest BCUT2D eigenvalue weighted by molar-refractivity contribution is -0.159. The minimum Gasteiger partial charge on any atom is -0.464 e. The van der Waals surface area contributed by atoms with Crippen molar-refractivity contribution < 1.29 is 24.1 Å². The van der Waals surface area contributed by atoms with E-state index in [1.54, 1.807) is 6.92 Å². The zero-order chi connectivity index (χ0) is 13.0. The van der Waals surface area contributed by atoms with Crippen LogP contribution in [0.25, 0.3) is 0 Å². The highest BCUT2D eigenvalue weighted by Gasteiger charge is 2.28. The molecular weight excluding hydrogens is 295 g/mol. The van der Waals surface area contributed by atoms with Crippen LogP contribution >= 0.6 is 15.9 Å². The highest BCUT2D eigenvalue weighted by molar-refractivity contribution is 9.10. The van der Waals surface area contributed by atoms with Gasteiger partial charge in [0, 0.05) is 10.0 Å². The van der Waals surface area contributed by atoms with Crippen molar-refractivity contribution in [2.24, 2.45) is 0 Å². The van der Waals surface area contributed by atoms with Gasteiger partial charge in [-0.25, -0.2) is 9.18 Å². The van der Waals surface area contributed by atoms with E-state index in [-0.39, 0.29) is 12.2 Å². The molecule has 0 fully saturated rings. The summed E-state index contributed by atoms with van der Waals surface area (Å²) in [7, 11) is 0. The summed E-state index contributed by atoms with van der Waals surface area (Å²) in [4.78, 5) is 11.2. The molecule has 2 unspecified atom stereocenters. The minimum atomic E-state index is -1.80. The molecule has 0 aromatic heterocycles. The molecule has 0 saturated heterocycles. The summed E-state index contributed by atoms with van der Waals surface area (Å²) < 4.78 is 18.5. The Kier molecular flexibility index (Phi) is 5.04. The Hall–Kier alpha value is -0.980. The van der Waals surface area contributed by atoms with Gasteiger partial charge in [-0.3, -0.25) is 0 Å². The van der Waals surface area contributed by atoms with Gasteiger partial charge in [0.25, 0.3) is 0 Å². The normalized spacial score (nSPS) is 14.2. The number of carbonyl (C=O) groups excluding carboxylic acids is 1. The first-order valence-electron chi connectivity index (χ1n) is 4.95. The number of hydrogen-bond donors (Lipinski definition) is 2. The molecule has 6 heteroatoms. The number of hydrogen-bond acceptors (Lipinski definition) is 4. The van der Waals surface area contributed by atoms with Crippen LogP contribution in [0.15, 0.2) is 22.7 Å². The first kappa shape index (κ1) is 14.1. The average Bonchev–Trinajstić information content (AvgIpc) is 2.27. The molecular formula is C11H12BrFO4. The summed E-state index contributed by atoms with van der Waals surface area (Å²) in [5, 5.41) is 19.1. The summed E-state index contributed by atoms with van der Waals surface area (Å²) >= 11 is 3.06. The molecule has 2 N–H and O–H groups in total. The van der Waals surface area contributed by atoms with Crippen LogP contribution in [0, 0.1) is 5.82 Å². The van der Waals surface area contributed by atoms with E-state index in [2.05, 4.69) is 20.7 Å². The van der Waals surface area contributed by atoms with Crippen molar-refractivity contribution in [1.82, 2.24) is 0 Å². The van der Waals surface area contributed by atoms with Gasteiger partial charge in [-0.05, 0) is 19.1 Å². The van der Waals surface area contributed by atoms with Gasteiger partial charge in [-0.15, -0.1) is 0 Å². The number of carbonyl (C=O) groups is 1. The lowest BCUT2D eigenvalue weighted by Crippen LogP contribution is -2.30. The maximum atomic E-state index is 13.5. The van der Waals surface area contributed by atoms with Gasteiger partial charge < -0.3 is 14.9 Å². The third-order valence-electron chi connectivity index (χ3n) is 2.11. The van der Waals surface area contributed by atoms with Crippen LogP contribution in [0.3, 0.4) is 0 Å². The first-order chi connectivity index (χ1) is 7.97. The van der Waals surface area contributed by atoms with Crippen LogP contribution in [-0.4, -0.2) is 28.9 Å². The molecule has 0 spiro atoms. The van der Waals surface area contributed by atoms with E-state index in [1.807, 2.05) is 0 Å². The summed E-state index contributed by atoms with van der Waals surface area (Å²) in [6.45, 7) is 1.64. The molecule has 2 atom stereocenters. The highest BCUT2D eigenvalue weighted by Crippen LogP contribution is 2.23. The van der Waals surface area contributed by atoms with Crippen molar-refractivity contribution in [2.75, 3.05) is 6.61 Å². The Bertz CT molecular complexity index is 410. The Morgan fingerprint density at radius 3 is 2.71 bits per heavy atom. The van der Waals surface area contributed by atoms with Gasteiger partial charge in [0.1, 0.15) is 11.9 Å². The molecule has 0 aliphatic carbocycles. The van der Waals surface area contributed by atoms with E-state index < -0.39 is 24.0 Å². The van der Waals surface area contributed by atoms with Crippen LogP contribution in [0.4, 0.5) is 4.39 Å². The van der Waals surface area contributed by atoms with Crippen LogP contribution < -0.4 is 0 Å². The van der Waals surface area contributed by atoms with E-state index >= 15 is 0 Å². The van der Waals surface area contributed by atoms with Crippen molar-refractivity contribution >= 4 is 21.9 Å². The minimum absolute atomic E-state index is 0.0748. The number of esters is 1. The summed E-state index contributed by atoms with van der Waals surface area (Å²) in [5.74, 6) is -1.70. The van der Waals surface area contributed by atoms with Gasteiger partial charge in [0.2, 0.25) is 0 Å². The predicted molar refractivity (Wildman–Crippen MR) is 61.7 cm³/mol. The Labute approximate surface area is 106 Å². The molecule has 1 rings (SSSR count). The third-order valence-corrected chi connectivity index (χ3v) is 2.60. The summed E-state index contributed by atoms with van der Waals surface area (Å²) in [6.07, 6.45) is -3.45. The second-order valence-electron chi connectivity index (χ2n) is 3.31. The van der Waals surface area contributed by atoms with Crippen LogP contribution in [0.5, 0.6) is 0 Å². The van der Waals surface area contributed by atoms with E-state index in [0.717, 1.165) is 6.07 Å². The SMILES string of the molecule is CCOC(=O)C(O)C(O)c1ccc(Br)cc1F. The van der Waals surface area contributed by atoms with E-state index in [4.69, 9.17) is 0 Å². The molecule has 0 bridgehead atoms. The Morgan fingerprint density at radius 1 is 1.53 bits per heavy atom. The van der Waals surface area contributed by atoms with E-state index in [1.165, 1.54) is 12.1 Å². The van der Waals surface area contributed by atoms with Gasteiger partial charge in [-0.1, -0.05) is 22.0 Å². The summed E-state index contributed by atoms with van der Waals surface area (Å²) in [5.41, 5.74) is -0.159. The molecule has 1 aromatic carbocycles. The quantitative estimate of drug-likeness (QED) is 0.828. The van der Waals surface area contributed by atoms with Crippen molar-refractivity contribution in [3.63, 3.8) is 0 Å².